The Morgan fingerprint density at radius 3 is 2.71 bits per heavy atom. The molecule has 1 aromatic carbocycles. The Morgan fingerprint density at radius 2 is 2.00 bits per heavy atom. The largest absolute Gasteiger partial charge is 0.453 e. The summed E-state index contributed by atoms with van der Waals surface area (Å²) < 4.78 is 24.2. The number of amides is 4. The Bertz CT molecular complexity index is 1510. The number of imidazole rings is 1. The molecule has 0 bridgehead atoms. The maximum absolute atomic E-state index is 15.5. The van der Waals surface area contributed by atoms with E-state index >= 15 is 4.39 Å². The molecule has 6 rings (SSSR count). The van der Waals surface area contributed by atoms with Gasteiger partial charge in [-0.3, -0.25) is 9.88 Å². The van der Waals surface area contributed by atoms with Crippen molar-refractivity contribution in [1.82, 2.24) is 24.8 Å². The fourth-order valence-electron chi connectivity index (χ4n) is 5.10. The second kappa shape index (κ2) is 10.1. The van der Waals surface area contributed by atoms with Gasteiger partial charge in [-0.2, -0.15) is 0 Å². The summed E-state index contributed by atoms with van der Waals surface area (Å²) in [7, 11) is 1.91. The van der Waals surface area contributed by atoms with E-state index in [1.54, 1.807) is 29.6 Å². The Hall–Kier alpha value is -3.99. The van der Waals surface area contributed by atoms with Crippen molar-refractivity contribution >= 4 is 39.3 Å². The number of pyridine rings is 1. The molecule has 1 saturated carbocycles. The number of rotatable bonds is 5. The summed E-state index contributed by atoms with van der Waals surface area (Å²) in [5, 5.41) is 2.67. The van der Waals surface area contributed by atoms with Crippen molar-refractivity contribution in [2.45, 2.75) is 38.1 Å². The van der Waals surface area contributed by atoms with E-state index in [-0.39, 0.29) is 11.8 Å². The molecule has 196 valence electrons. The summed E-state index contributed by atoms with van der Waals surface area (Å²) in [6.07, 6.45) is 10.00. The second-order valence-corrected chi connectivity index (χ2v) is 10.7. The number of aromatic nitrogens is 3. The first-order valence-electron chi connectivity index (χ1n) is 12.7. The van der Waals surface area contributed by atoms with Gasteiger partial charge in [0, 0.05) is 56.4 Å². The molecular formula is C27H27FN6O3S. The summed E-state index contributed by atoms with van der Waals surface area (Å²) >= 11 is 1.48. The Balaban J connectivity index is 1.30. The topological polar surface area (TPSA) is 92.6 Å². The molecular weight excluding hydrogens is 507 g/mol. The van der Waals surface area contributed by atoms with Crippen molar-refractivity contribution in [3.05, 3.63) is 54.9 Å². The summed E-state index contributed by atoms with van der Waals surface area (Å²) in [5.74, 6) is -0.0553. The molecule has 0 radical (unpaired) electrons. The first-order valence-corrected chi connectivity index (χ1v) is 13.5. The van der Waals surface area contributed by atoms with E-state index in [1.807, 2.05) is 23.9 Å². The molecule has 4 amide bonds. The van der Waals surface area contributed by atoms with Crippen molar-refractivity contribution in [1.29, 1.82) is 0 Å². The first kappa shape index (κ1) is 24.4. The molecule has 0 spiro atoms. The number of urea groups is 2. The zero-order valence-electron chi connectivity index (χ0n) is 20.9. The highest BCUT2D eigenvalue weighted by Crippen LogP contribution is 2.40. The van der Waals surface area contributed by atoms with Gasteiger partial charge < -0.3 is 14.6 Å². The lowest BCUT2D eigenvalue weighted by Gasteiger charge is -2.36. The number of ether oxygens (including phenoxy) is 1. The fraction of sp³-hybridized carbons (Fsp3) is 0.333. The zero-order chi connectivity index (χ0) is 26.2. The van der Waals surface area contributed by atoms with E-state index in [0.717, 1.165) is 52.9 Å². The van der Waals surface area contributed by atoms with Gasteiger partial charge in [0.05, 0.1) is 27.1 Å². The molecule has 1 N–H and O–H groups in total. The number of thiophene rings is 1. The Morgan fingerprint density at radius 1 is 1.16 bits per heavy atom. The SMILES string of the molecule is Cn1cnc(-c2cc3nccc(Oc4ccc(N(C(=O)N5CCNC5=O)C5CCCCC5)cc4F)c3s2)c1. The standard InChI is InChI=1S/C27H27FN6O3S/c1-32-15-21(31-16-32)24-14-20-25(38-24)23(9-10-29-20)37-22-8-7-18(13-19(22)28)34(17-5-3-2-4-6-17)27(36)33-12-11-30-26(33)35/h7-10,13-17H,2-6,11-12H2,1H3,(H,30,35). The van der Waals surface area contributed by atoms with Gasteiger partial charge in [0.25, 0.3) is 0 Å². The minimum Gasteiger partial charge on any atom is -0.453 e. The normalized spacial score (nSPS) is 16.2. The summed E-state index contributed by atoms with van der Waals surface area (Å²) in [6.45, 7) is 0.708. The van der Waals surface area contributed by atoms with Gasteiger partial charge in [0.15, 0.2) is 11.6 Å². The van der Waals surface area contributed by atoms with Crippen LogP contribution in [0, 0.1) is 5.82 Å². The predicted molar refractivity (Wildman–Crippen MR) is 143 cm³/mol. The van der Waals surface area contributed by atoms with Crippen LogP contribution in [0.5, 0.6) is 11.5 Å². The van der Waals surface area contributed by atoms with E-state index in [2.05, 4.69) is 15.3 Å². The summed E-state index contributed by atoms with van der Waals surface area (Å²) in [6, 6.07) is 7.27. The van der Waals surface area contributed by atoms with Crippen LogP contribution in [0.4, 0.5) is 19.7 Å². The number of hydrogen-bond donors (Lipinski definition) is 1. The minimum absolute atomic E-state index is 0.0454. The minimum atomic E-state index is -0.589. The van der Waals surface area contributed by atoms with Crippen LogP contribution in [-0.4, -0.2) is 50.6 Å². The molecule has 1 saturated heterocycles. The number of imide groups is 1. The fourth-order valence-corrected chi connectivity index (χ4v) is 6.13. The smallest absolute Gasteiger partial charge is 0.332 e. The molecule has 0 atom stereocenters. The quantitative estimate of drug-likeness (QED) is 0.344. The van der Waals surface area contributed by atoms with Crippen molar-refractivity contribution in [2.24, 2.45) is 7.05 Å². The molecule has 0 unspecified atom stereocenters. The molecule has 11 heteroatoms. The van der Waals surface area contributed by atoms with E-state index in [4.69, 9.17) is 4.74 Å². The molecule has 38 heavy (non-hydrogen) atoms. The number of fused-ring (bicyclic) bond motifs is 1. The number of benzene rings is 1. The number of anilines is 1. The van der Waals surface area contributed by atoms with Gasteiger partial charge in [0.1, 0.15) is 5.75 Å². The van der Waals surface area contributed by atoms with E-state index in [9.17, 15) is 9.59 Å². The number of nitrogens with zero attached hydrogens (tertiary/aromatic N) is 5. The lowest BCUT2D eigenvalue weighted by atomic mass is 9.94. The monoisotopic (exact) mass is 534 g/mol. The van der Waals surface area contributed by atoms with Gasteiger partial charge in [-0.05, 0) is 31.0 Å². The van der Waals surface area contributed by atoms with Crippen LogP contribution in [0.3, 0.4) is 0 Å². The highest BCUT2D eigenvalue weighted by Gasteiger charge is 2.35. The average Bonchev–Trinajstić information content (AvgIpc) is 3.66. The highest BCUT2D eigenvalue weighted by atomic mass is 32.1. The lowest BCUT2D eigenvalue weighted by molar-refractivity contribution is 0.200. The maximum atomic E-state index is 15.5. The number of nitrogens with one attached hydrogen (secondary N) is 1. The van der Waals surface area contributed by atoms with Crippen molar-refractivity contribution in [2.75, 3.05) is 18.0 Å². The Kier molecular flexibility index (Phi) is 6.44. The van der Waals surface area contributed by atoms with Crippen molar-refractivity contribution in [3.63, 3.8) is 0 Å². The number of halogens is 1. The van der Waals surface area contributed by atoms with Crippen LogP contribution in [0.2, 0.25) is 0 Å². The van der Waals surface area contributed by atoms with E-state index < -0.39 is 17.9 Å². The van der Waals surface area contributed by atoms with Crippen LogP contribution < -0.4 is 15.0 Å². The predicted octanol–water partition coefficient (Wildman–Crippen LogP) is 5.91. The van der Waals surface area contributed by atoms with Crippen LogP contribution in [-0.2, 0) is 7.05 Å². The molecule has 2 aliphatic rings. The molecule has 3 aromatic heterocycles. The van der Waals surface area contributed by atoms with E-state index in [0.29, 0.717) is 24.5 Å². The van der Waals surface area contributed by atoms with Gasteiger partial charge in [-0.1, -0.05) is 19.3 Å². The third kappa shape index (κ3) is 4.58. The van der Waals surface area contributed by atoms with Gasteiger partial charge in [0.2, 0.25) is 0 Å². The first-order chi connectivity index (χ1) is 18.5. The maximum Gasteiger partial charge on any atom is 0.332 e. The molecule has 1 aliphatic carbocycles. The van der Waals surface area contributed by atoms with Gasteiger partial charge in [-0.15, -0.1) is 11.3 Å². The van der Waals surface area contributed by atoms with Crippen LogP contribution >= 0.6 is 11.3 Å². The van der Waals surface area contributed by atoms with Crippen LogP contribution in [0.1, 0.15) is 32.1 Å². The number of carbonyl (C=O) groups is 2. The summed E-state index contributed by atoms with van der Waals surface area (Å²) in [5.41, 5.74) is 1.99. The van der Waals surface area contributed by atoms with Crippen LogP contribution in [0.25, 0.3) is 20.8 Å². The van der Waals surface area contributed by atoms with E-state index in [1.165, 1.54) is 28.4 Å². The number of hydrogen-bond acceptors (Lipinski definition) is 6. The van der Waals surface area contributed by atoms with Gasteiger partial charge >= 0.3 is 12.1 Å². The summed E-state index contributed by atoms with van der Waals surface area (Å²) in [4.78, 5) is 38.2. The van der Waals surface area contributed by atoms with Crippen molar-refractivity contribution in [3.8, 4) is 22.1 Å². The Labute approximate surface area is 222 Å². The second-order valence-electron chi connectivity index (χ2n) is 9.60. The number of aryl methyl sites for hydroxylation is 1. The van der Waals surface area contributed by atoms with Crippen LogP contribution in [0.15, 0.2) is 49.1 Å². The zero-order valence-corrected chi connectivity index (χ0v) is 21.7. The molecule has 4 heterocycles. The number of carbonyl (C=O) groups excluding carboxylic acids is 2. The van der Waals surface area contributed by atoms with Gasteiger partial charge in [-0.25, -0.2) is 23.9 Å². The molecule has 2 fully saturated rings. The highest BCUT2D eigenvalue weighted by molar-refractivity contribution is 7.22. The molecule has 1 aliphatic heterocycles. The third-order valence-corrected chi connectivity index (χ3v) is 8.14. The molecule has 9 nitrogen and oxygen atoms in total. The average molecular weight is 535 g/mol. The lowest BCUT2D eigenvalue weighted by Crippen LogP contribution is -2.50. The third-order valence-electron chi connectivity index (χ3n) is 6.98. The molecule has 4 aromatic rings. The van der Waals surface area contributed by atoms with Crippen molar-refractivity contribution < 1.29 is 18.7 Å².